The van der Waals surface area contributed by atoms with Gasteiger partial charge in [0.05, 0.1) is 12.7 Å². The minimum Gasteiger partial charge on any atom is -0.394 e. The van der Waals surface area contributed by atoms with Crippen molar-refractivity contribution >= 4 is 5.91 Å². The van der Waals surface area contributed by atoms with E-state index in [0.29, 0.717) is 0 Å². The molecule has 7 nitrogen and oxygen atoms in total. The minimum atomic E-state index is -1.27. The van der Waals surface area contributed by atoms with Crippen molar-refractivity contribution in [1.29, 1.82) is 0 Å². The Morgan fingerprint density at radius 2 is 1.90 bits per heavy atom. The van der Waals surface area contributed by atoms with Crippen molar-refractivity contribution in [3.8, 4) is 0 Å². The quantitative estimate of drug-likeness (QED) is 0.546. The molecule has 0 spiro atoms. The second kappa shape index (κ2) is 7.51. The Labute approximate surface area is 124 Å². The predicted octanol–water partition coefficient (Wildman–Crippen LogP) is -0.721. The molecule has 0 unspecified atom stereocenters. The number of amides is 1. The van der Waals surface area contributed by atoms with Gasteiger partial charge < -0.3 is 30.1 Å². The molecule has 4 N–H and O–H groups in total. The molecule has 1 saturated carbocycles. The van der Waals surface area contributed by atoms with E-state index >= 15 is 0 Å². The molecule has 2 rings (SSSR count). The summed E-state index contributed by atoms with van der Waals surface area (Å²) in [5.74, 6) is -0.338. The lowest BCUT2D eigenvalue weighted by molar-refractivity contribution is -0.283. The van der Waals surface area contributed by atoms with Crippen LogP contribution in [0.15, 0.2) is 0 Å². The highest BCUT2D eigenvalue weighted by Gasteiger charge is 2.46. The zero-order chi connectivity index (χ0) is 15.4. The lowest BCUT2D eigenvalue weighted by Crippen LogP contribution is -2.65. The van der Waals surface area contributed by atoms with E-state index in [-0.39, 0.29) is 12.0 Å². The summed E-state index contributed by atoms with van der Waals surface area (Å²) in [5.41, 5.74) is 0. The molecule has 0 aromatic heterocycles. The lowest BCUT2D eigenvalue weighted by atomic mass is 9.95. The Morgan fingerprint density at radius 1 is 1.24 bits per heavy atom. The summed E-state index contributed by atoms with van der Waals surface area (Å²) in [5, 5.41) is 31.9. The van der Waals surface area contributed by atoms with Crippen LogP contribution in [0.25, 0.3) is 0 Å². The third kappa shape index (κ3) is 4.14. The third-order valence-corrected chi connectivity index (χ3v) is 4.13. The highest BCUT2D eigenvalue weighted by molar-refractivity contribution is 5.73. The third-order valence-electron chi connectivity index (χ3n) is 4.13. The zero-order valence-electron chi connectivity index (χ0n) is 12.3. The molecule has 0 bridgehead atoms. The Bertz CT molecular complexity index is 346. The van der Waals surface area contributed by atoms with Gasteiger partial charge in [-0.3, -0.25) is 4.79 Å². The van der Waals surface area contributed by atoms with Crippen molar-refractivity contribution in [2.45, 2.75) is 75.8 Å². The van der Waals surface area contributed by atoms with Gasteiger partial charge in [0.15, 0.2) is 6.29 Å². The summed E-state index contributed by atoms with van der Waals surface area (Å²) in [4.78, 5) is 11.3. The Kier molecular flexibility index (Phi) is 5.95. The van der Waals surface area contributed by atoms with Gasteiger partial charge in [0.1, 0.15) is 24.4 Å². The summed E-state index contributed by atoms with van der Waals surface area (Å²) in [6.07, 6.45) is 0.887. The van der Waals surface area contributed by atoms with Crippen molar-refractivity contribution in [1.82, 2.24) is 5.32 Å². The molecule has 1 heterocycles. The molecule has 122 valence electrons. The molecule has 2 aliphatic rings. The van der Waals surface area contributed by atoms with Crippen molar-refractivity contribution in [3.63, 3.8) is 0 Å². The Balaban J connectivity index is 2.06. The van der Waals surface area contributed by atoms with Crippen LogP contribution in [0, 0.1) is 0 Å². The maximum atomic E-state index is 11.3. The fraction of sp³-hybridized carbons (Fsp3) is 0.929. The SMILES string of the molecule is CC(=O)N[C@H]1[C@@H](OC2CCCCC2)O[C@H](CO)[C@@H](O)[C@@H]1O. The van der Waals surface area contributed by atoms with Gasteiger partial charge in [-0.2, -0.15) is 0 Å². The predicted molar refractivity (Wildman–Crippen MR) is 73.3 cm³/mol. The standard InChI is InChI=1S/C14H25NO6/c1-8(17)15-11-13(19)12(18)10(7-16)21-14(11)20-9-5-3-2-4-6-9/h9-14,16,18-19H,2-7H2,1H3,(H,15,17)/t10-,11-,12-,13-,14+/m1/s1. The Morgan fingerprint density at radius 3 is 2.48 bits per heavy atom. The summed E-state index contributed by atoms with van der Waals surface area (Å²) < 4.78 is 11.4. The van der Waals surface area contributed by atoms with Crippen molar-refractivity contribution < 1.29 is 29.6 Å². The maximum absolute atomic E-state index is 11.3. The van der Waals surface area contributed by atoms with Crippen LogP contribution in [0.4, 0.5) is 0 Å². The molecular weight excluding hydrogens is 278 g/mol. The monoisotopic (exact) mass is 303 g/mol. The van der Waals surface area contributed by atoms with Gasteiger partial charge in [-0.15, -0.1) is 0 Å². The fourth-order valence-electron chi connectivity index (χ4n) is 2.98. The van der Waals surface area contributed by atoms with E-state index in [1.807, 2.05) is 0 Å². The molecular formula is C14H25NO6. The summed E-state index contributed by atoms with van der Waals surface area (Å²) >= 11 is 0. The lowest BCUT2D eigenvalue weighted by Gasteiger charge is -2.43. The molecule has 2 fully saturated rings. The van der Waals surface area contributed by atoms with Crippen LogP contribution >= 0.6 is 0 Å². The van der Waals surface area contributed by atoms with Crippen LogP contribution < -0.4 is 5.32 Å². The number of aliphatic hydroxyl groups excluding tert-OH is 3. The second-order valence-electron chi connectivity index (χ2n) is 5.83. The minimum absolute atomic E-state index is 0.0155. The number of carbonyl (C=O) groups excluding carboxylic acids is 1. The van der Waals surface area contributed by atoms with Crippen LogP contribution in [0.5, 0.6) is 0 Å². The number of hydrogen-bond donors (Lipinski definition) is 4. The van der Waals surface area contributed by atoms with E-state index in [9.17, 15) is 20.1 Å². The Hall–Kier alpha value is -0.730. The van der Waals surface area contributed by atoms with Gasteiger partial charge in [-0.25, -0.2) is 0 Å². The smallest absolute Gasteiger partial charge is 0.217 e. The van der Waals surface area contributed by atoms with Crippen LogP contribution in [-0.2, 0) is 14.3 Å². The molecule has 0 radical (unpaired) electrons. The fourth-order valence-corrected chi connectivity index (χ4v) is 2.98. The first kappa shape index (κ1) is 16.6. The van der Waals surface area contributed by atoms with E-state index in [0.717, 1.165) is 25.7 Å². The number of aliphatic hydroxyl groups is 3. The van der Waals surface area contributed by atoms with E-state index in [4.69, 9.17) is 9.47 Å². The average molecular weight is 303 g/mol. The highest BCUT2D eigenvalue weighted by atomic mass is 16.7. The van der Waals surface area contributed by atoms with Gasteiger partial charge in [0, 0.05) is 6.92 Å². The van der Waals surface area contributed by atoms with E-state index in [1.54, 1.807) is 0 Å². The summed E-state index contributed by atoms with van der Waals surface area (Å²) in [6.45, 7) is 0.907. The van der Waals surface area contributed by atoms with Gasteiger partial charge in [-0.05, 0) is 12.8 Å². The normalized spacial score (nSPS) is 38.2. The molecule has 1 saturated heterocycles. The van der Waals surface area contributed by atoms with Crippen LogP contribution in [0.1, 0.15) is 39.0 Å². The van der Waals surface area contributed by atoms with Gasteiger partial charge in [0.2, 0.25) is 5.91 Å². The second-order valence-corrected chi connectivity index (χ2v) is 5.83. The molecule has 0 aromatic rings. The number of hydrogen-bond acceptors (Lipinski definition) is 6. The van der Waals surface area contributed by atoms with Crippen molar-refractivity contribution in [3.05, 3.63) is 0 Å². The first-order chi connectivity index (χ1) is 10.0. The van der Waals surface area contributed by atoms with Crippen molar-refractivity contribution in [2.24, 2.45) is 0 Å². The van der Waals surface area contributed by atoms with Crippen LogP contribution in [0.3, 0.4) is 0 Å². The number of nitrogens with one attached hydrogen (secondary N) is 1. The van der Waals surface area contributed by atoms with Gasteiger partial charge in [-0.1, -0.05) is 19.3 Å². The summed E-state index contributed by atoms with van der Waals surface area (Å²) in [6, 6.07) is -0.845. The first-order valence-electron chi connectivity index (χ1n) is 7.58. The first-order valence-corrected chi connectivity index (χ1v) is 7.58. The largest absolute Gasteiger partial charge is 0.394 e. The topological polar surface area (TPSA) is 108 Å². The summed E-state index contributed by atoms with van der Waals surface area (Å²) in [7, 11) is 0. The molecule has 1 amide bonds. The number of ether oxygens (including phenoxy) is 2. The van der Waals surface area contributed by atoms with Crippen molar-refractivity contribution in [2.75, 3.05) is 6.61 Å². The van der Waals surface area contributed by atoms with E-state index in [1.165, 1.54) is 13.3 Å². The number of carbonyl (C=O) groups is 1. The molecule has 21 heavy (non-hydrogen) atoms. The maximum Gasteiger partial charge on any atom is 0.217 e. The highest BCUT2D eigenvalue weighted by Crippen LogP contribution is 2.27. The molecule has 5 atom stereocenters. The number of rotatable bonds is 4. The van der Waals surface area contributed by atoms with Gasteiger partial charge in [0.25, 0.3) is 0 Å². The molecule has 0 aromatic carbocycles. The average Bonchev–Trinajstić information content (AvgIpc) is 2.47. The van der Waals surface area contributed by atoms with Crippen LogP contribution in [-0.4, -0.2) is 64.6 Å². The molecule has 1 aliphatic heterocycles. The van der Waals surface area contributed by atoms with E-state index in [2.05, 4.69) is 5.32 Å². The molecule has 1 aliphatic carbocycles. The molecule has 7 heteroatoms. The van der Waals surface area contributed by atoms with Crippen LogP contribution in [0.2, 0.25) is 0 Å². The van der Waals surface area contributed by atoms with Gasteiger partial charge >= 0.3 is 0 Å². The van der Waals surface area contributed by atoms with E-state index < -0.39 is 37.3 Å². The zero-order valence-corrected chi connectivity index (χ0v) is 12.3.